The van der Waals surface area contributed by atoms with Crippen molar-refractivity contribution in [3.8, 4) is 0 Å². The van der Waals surface area contributed by atoms with Crippen LogP contribution in [0, 0.1) is 0 Å². The third kappa shape index (κ3) is 15.8. The zero-order valence-electron chi connectivity index (χ0n) is 27.3. The van der Waals surface area contributed by atoms with Gasteiger partial charge in [-0.3, -0.25) is 0 Å². The Balaban J connectivity index is 0.00000337. The van der Waals surface area contributed by atoms with Crippen molar-refractivity contribution in [1.82, 2.24) is 0 Å². The number of nitrogens with zero attached hydrogens (tertiary/aromatic N) is 1. The average molecular weight is 821 g/mol. The summed E-state index contributed by atoms with van der Waals surface area (Å²) in [4.78, 5) is 3.48. The number of rotatable bonds is 23. The van der Waals surface area contributed by atoms with Gasteiger partial charge in [0.2, 0.25) is 0 Å². The number of nitrogens with one attached hydrogen (secondary N) is 1. The number of hydrogen-bond donors (Lipinski definition) is 0. The van der Waals surface area contributed by atoms with Gasteiger partial charge < -0.3 is 48.0 Å². The molecule has 2 nitrogen and oxygen atoms in total. The number of benzene rings is 2. The lowest BCUT2D eigenvalue weighted by Gasteiger charge is -2.04. The van der Waals surface area contributed by atoms with Crippen LogP contribution in [0.1, 0.15) is 134 Å². The van der Waals surface area contributed by atoms with Crippen molar-refractivity contribution in [1.29, 1.82) is 0 Å². The van der Waals surface area contributed by atoms with Crippen LogP contribution in [-0.2, 0) is 13.0 Å². The molecule has 0 bridgehead atoms. The topological polar surface area (TPSA) is 18.0 Å². The van der Waals surface area contributed by atoms with Gasteiger partial charge in [-0.1, -0.05) is 146 Å². The molecule has 4 heteroatoms. The fourth-order valence-electron chi connectivity index (χ4n) is 6.43. The summed E-state index contributed by atoms with van der Waals surface area (Å²) < 4.78 is 2.36. The highest BCUT2D eigenvalue weighted by atomic mass is 127. The first-order valence-electron chi connectivity index (χ1n) is 17.7. The third-order valence-corrected chi connectivity index (χ3v) is 9.10. The molecule has 2 aromatic carbocycles. The predicted molar refractivity (Wildman–Crippen MR) is 181 cm³/mol. The van der Waals surface area contributed by atoms with E-state index < -0.39 is 0 Å². The van der Waals surface area contributed by atoms with Gasteiger partial charge in [-0.05, 0) is 35.7 Å². The van der Waals surface area contributed by atoms with Crippen LogP contribution in [0.2, 0.25) is 0 Å². The van der Waals surface area contributed by atoms with E-state index in [2.05, 4.69) is 88.8 Å². The van der Waals surface area contributed by atoms with Crippen LogP contribution in [-0.4, -0.2) is 0 Å². The van der Waals surface area contributed by atoms with E-state index in [1.54, 1.807) is 0 Å². The second-order valence-electron chi connectivity index (χ2n) is 12.7. The molecule has 0 atom stereocenters. The molecule has 0 aliphatic rings. The first kappa shape index (κ1) is 38.9. The van der Waals surface area contributed by atoms with Gasteiger partial charge in [0.05, 0.1) is 0 Å². The van der Waals surface area contributed by atoms with Crippen LogP contribution < -0.4 is 57.5 Å². The van der Waals surface area contributed by atoms with Crippen LogP contribution in [0.4, 0.5) is 0 Å². The van der Waals surface area contributed by atoms with E-state index in [0.717, 1.165) is 6.54 Å². The number of aromatic amines is 1. The molecular formula is C40H58I2N2. The fourth-order valence-corrected chi connectivity index (χ4v) is 6.43. The van der Waals surface area contributed by atoms with Gasteiger partial charge >= 0.3 is 0 Å². The molecule has 0 spiro atoms. The first-order chi connectivity index (χ1) is 20.9. The highest BCUT2D eigenvalue weighted by Crippen LogP contribution is 2.16. The molecule has 0 radical (unpaired) electrons. The Labute approximate surface area is 303 Å². The molecule has 1 N–H and O–H groups in total. The molecule has 0 unspecified atom stereocenters. The summed E-state index contributed by atoms with van der Waals surface area (Å²) in [5, 5.41) is 5.34. The maximum Gasteiger partial charge on any atom is 0.180 e. The van der Waals surface area contributed by atoms with Gasteiger partial charge in [-0.25, -0.2) is 9.55 Å². The predicted octanol–water partition coefficient (Wildman–Crippen LogP) is 5.15. The van der Waals surface area contributed by atoms with Crippen molar-refractivity contribution in [3.05, 3.63) is 84.9 Å². The second-order valence-corrected chi connectivity index (χ2v) is 12.7. The molecule has 0 amide bonds. The van der Waals surface area contributed by atoms with Gasteiger partial charge in [0.25, 0.3) is 0 Å². The molecule has 0 aliphatic carbocycles. The minimum absolute atomic E-state index is 0. The van der Waals surface area contributed by atoms with E-state index >= 15 is 0 Å². The zero-order valence-corrected chi connectivity index (χ0v) is 31.6. The Kier molecular flexibility index (Phi) is 22.0. The standard InChI is InChI=1S/C40H57N2.2HI/c1(3-5-7-9-11-13-15-17-19-29-40-33-37-26-21-22-27-38(37)34-41-40)2-4-6-8-10-12-14-16-18-24-31-42-32-30-36-25-20-23-28-39(36)35-42;;/h20-23,25-28,30,32-35H,1-19,24,29,31H2;2*1H/q+1;;/p-1. The van der Waals surface area contributed by atoms with Crippen LogP contribution in [0.15, 0.2) is 79.3 Å². The minimum atomic E-state index is 0. The minimum Gasteiger partial charge on any atom is -1.00 e. The van der Waals surface area contributed by atoms with Gasteiger partial charge in [0, 0.05) is 35.7 Å². The summed E-state index contributed by atoms with van der Waals surface area (Å²) in [7, 11) is 0. The van der Waals surface area contributed by atoms with Crippen molar-refractivity contribution in [2.45, 2.75) is 141 Å². The lowest BCUT2D eigenvalue weighted by molar-refractivity contribution is -0.696. The highest BCUT2D eigenvalue weighted by Gasteiger charge is 2.04. The van der Waals surface area contributed by atoms with Crippen LogP contribution in [0.25, 0.3) is 21.5 Å². The summed E-state index contributed by atoms with van der Waals surface area (Å²) >= 11 is 0. The largest absolute Gasteiger partial charge is 1.00 e. The van der Waals surface area contributed by atoms with Crippen molar-refractivity contribution in [2.75, 3.05) is 0 Å². The number of unbranched alkanes of at least 4 members (excludes halogenated alkanes) is 19. The third-order valence-electron chi connectivity index (χ3n) is 9.10. The summed E-state index contributed by atoms with van der Waals surface area (Å²) in [6, 6.07) is 21.9. The SMILES string of the molecule is [I-].[I-].c1ccc2c[n+](CCCCCCCCCCCCCCCCCCCCCCc3cc4ccccc4c[nH+]3)ccc2c1. The van der Waals surface area contributed by atoms with Crippen molar-refractivity contribution < 1.29 is 57.5 Å². The van der Waals surface area contributed by atoms with E-state index in [1.807, 2.05) is 0 Å². The van der Waals surface area contributed by atoms with E-state index in [-0.39, 0.29) is 48.0 Å². The zero-order chi connectivity index (χ0) is 28.9. The summed E-state index contributed by atoms with van der Waals surface area (Å²) in [6.07, 6.45) is 36.3. The highest BCUT2D eigenvalue weighted by molar-refractivity contribution is 5.81. The molecule has 44 heavy (non-hydrogen) atoms. The van der Waals surface area contributed by atoms with Crippen LogP contribution >= 0.6 is 0 Å². The van der Waals surface area contributed by atoms with E-state index in [4.69, 9.17) is 0 Å². The quantitative estimate of drug-likeness (QED) is 0.0561. The Bertz CT molecular complexity index is 1180. The van der Waals surface area contributed by atoms with Crippen molar-refractivity contribution in [3.63, 3.8) is 0 Å². The number of pyridine rings is 2. The van der Waals surface area contributed by atoms with Gasteiger partial charge in [0.15, 0.2) is 24.3 Å². The molecule has 242 valence electrons. The average Bonchev–Trinajstić information content (AvgIpc) is 3.03. The molecule has 2 heterocycles. The Morgan fingerprint density at radius 3 is 1.41 bits per heavy atom. The summed E-state index contributed by atoms with van der Waals surface area (Å²) in [6.45, 7) is 1.15. The lowest BCUT2D eigenvalue weighted by atomic mass is 10.0. The number of fused-ring (bicyclic) bond motifs is 2. The molecule has 0 fully saturated rings. The number of aryl methyl sites for hydroxylation is 2. The Morgan fingerprint density at radius 1 is 0.432 bits per heavy atom. The second kappa shape index (κ2) is 24.9. The fraction of sp³-hybridized carbons (Fsp3) is 0.550. The summed E-state index contributed by atoms with van der Waals surface area (Å²) in [5.74, 6) is 0. The summed E-state index contributed by atoms with van der Waals surface area (Å²) in [5.41, 5.74) is 1.38. The molecule has 2 aromatic heterocycles. The number of halogens is 2. The monoisotopic (exact) mass is 820 g/mol. The van der Waals surface area contributed by atoms with E-state index in [9.17, 15) is 0 Å². The first-order valence-corrected chi connectivity index (χ1v) is 17.7. The van der Waals surface area contributed by atoms with Gasteiger partial charge in [0.1, 0.15) is 6.54 Å². The molecule has 4 rings (SSSR count). The molecule has 0 aliphatic heterocycles. The van der Waals surface area contributed by atoms with Gasteiger partial charge in [-0.2, -0.15) is 0 Å². The molecule has 0 saturated heterocycles. The molecule has 0 saturated carbocycles. The maximum absolute atomic E-state index is 3.48. The maximum atomic E-state index is 3.48. The molecular weight excluding hydrogens is 762 g/mol. The smallest absolute Gasteiger partial charge is 0.180 e. The Hall–Kier alpha value is -1.28. The van der Waals surface area contributed by atoms with Crippen LogP contribution in [0.5, 0.6) is 0 Å². The van der Waals surface area contributed by atoms with E-state index in [1.165, 1.54) is 162 Å². The number of H-pyrrole nitrogens is 1. The van der Waals surface area contributed by atoms with Gasteiger partial charge in [-0.15, -0.1) is 0 Å². The van der Waals surface area contributed by atoms with Crippen molar-refractivity contribution >= 4 is 21.5 Å². The number of aromatic nitrogens is 2. The molecule has 4 aromatic rings. The van der Waals surface area contributed by atoms with Crippen LogP contribution in [0.3, 0.4) is 0 Å². The van der Waals surface area contributed by atoms with Crippen molar-refractivity contribution in [2.24, 2.45) is 0 Å². The lowest BCUT2D eigenvalue weighted by Crippen LogP contribution is -3.00. The van der Waals surface area contributed by atoms with E-state index in [0.29, 0.717) is 0 Å². The normalized spacial score (nSPS) is 11.0. The Morgan fingerprint density at radius 2 is 0.864 bits per heavy atom. The number of hydrogen-bond acceptors (Lipinski definition) is 0.